The predicted molar refractivity (Wildman–Crippen MR) is 128 cm³/mol. The Labute approximate surface area is 205 Å². The van der Waals surface area contributed by atoms with Crippen LogP contribution >= 0.6 is 0 Å². The Morgan fingerprint density at radius 2 is 1.97 bits per heavy atom. The summed E-state index contributed by atoms with van der Waals surface area (Å²) in [5.41, 5.74) is 3.56. The van der Waals surface area contributed by atoms with Gasteiger partial charge in [-0.05, 0) is 25.5 Å². The number of likely N-dealkylation sites (N-methyl/N-ethyl adjacent to an activating group) is 1. The predicted octanol–water partition coefficient (Wildman–Crippen LogP) is 0.275. The van der Waals surface area contributed by atoms with Gasteiger partial charge < -0.3 is 34.9 Å². The van der Waals surface area contributed by atoms with Crippen molar-refractivity contribution in [1.29, 1.82) is 0 Å². The van der Waals surface area contributed by atoms with Gasteiger partial charge in [0, 0.05) is 21.1 Å². The van der Waals surface area contributed by atoms with Crippen molar-refractivity contribution in [2.45, 2.75) is 44.4 Å². The van der Waals surface area contributed by atoms with Gasteiger partial charge in [0.15, 0.2) is 34.9 Å². The van der Waals surface area contributed by atoms with E-state index in [0.717, 1.165) is 11.3 Å². The number of oxazole rings is 1. The summed E-state index contributed by atoms with van der Waals surface area (Å²) in [6.07, 6.45) is -2.26. The molecule has 5 atom stereocenters. The first-order valence-corrected chi connectivity index (χ1v) is 11.3. The molecule has 0 spiro atoms. The molecule has 1 aliphatic heterocycles. The largest absolute Gasteiger partial charge is 0.421 e. The number of pyridine rings is 1. The molecule has 0 bridgehead atoms. The van der Waals surface area contributed by atoms with E-state index >= 15 is 0 Å². The lowest BCUT2D eigenvalue weighted by Gasteiger charge is -2.17. The molecule has 14 heteroatoms. The maximum Gasteiger partial charge on any atom is 0.299 e. The third kappa shape index (κ3) is 3.88. The van der Waals surface area contributed by atoms with Crippen LogP contribution in [-0.4, -0.2) is 85.1 Å². The number of amides is 1. The van der Waals surface area contributed by atoms with Crippen LogP contribution in [0.25, 0.3) is 22.4 Å². The molecule has 0 radical (unpaired) electrons. The molecule has 0 unspecified atom stereocenters. The van der Waals surface area contributed by atoms with Crippen molar-refractivity contribution in [3.05, 3.63) is 30.0 Å². The van der Waals surface area contributed by atoms with Gasteiger partial charge in [0.05, 0.1) is 18.1 Å². The second kappa shape index (κ2) is 8.96. The van der Waals surface area contributed by atoms with Crippen LogP contribution in [0.5, 0.6) is 0 Å². The molecule has 1 saturated heterocycles. The first-order valence-electron chi connectivity index (χ1n) is 11.3. The van der Waals surface area contributed by atoms with Crippen molar-refractivity contribution in [1.82, 2.24) is 34.8 Å². The number of carbonyl (C=O) groups excluding carboxylic acids is 1. The van der Waals surface area contributed by atoms with E-state index < -0.39 is 30.4 Å². The van der Waals surface area contributed by atoms with Crippen molar-refractivity contribution >= 4 is 40.1 Å². The summed E-state index contributed by atoms with van der Waals surface area (Å²) >= 11 is 0. The smallest absolute Gasteiger partial charge is 0.299 e. The van der Waals surface area contributed by atoms with Gasteiger partial charge in [-0.1, -0.05) is 0 Å². The second-order valence-corrected chi connectivity index (χ2v) is 8.86. The van der Waals surface area contributed by atoms with E-state index in [0.29, 0.717) is 34.2 Å². The molecule has 190 valence electrons. The summed E-state index contributed by atoms with van der Waals surface area (Å²) < 4.78 is 12.9. The lowest BCUT2D eigenvalue weighted by Crippen LogP contribution is -2.41. The SMILES string of the molecule is CNC(=O)[C@H]1O[C@@H](n2cnc3c(N[C@@H](C)c4cc(C)c5oc(N(C)C)nc5n4)ncnc32)[C@H](O)[C@@H]1O. The molecule has 4 aromatic rings. The standard InChI is InChI=1S/C22H27N9O5/c1-9-6-11(28-18-15(9)36-22(29-18)30(4)5)10(2)27-17-12-19(25-7-24-17)31(8-26-12)21-14(33)13(32)16(35-21)20(34)23-3/h6-8,10,13-14,16,21,32-33H,1-5H3,(H,23,34)(H,24,25,27)/t10-,13-,14+,16-,21+/m0/s1. The second-order valence-electron chi connectivity index (χ2n) is 8.86. The minimum Gasteiger partial charge on any atom is -0.421 e. The summed E-state index contributed by atoms with van der Waals surface area (Å²) in [4.78, 5) is 35.9. The number of aliphatic hydroxyl groups is 2. The molecule has 1 aliphatic rings. The Kier molecular flexibility index (Phi) is 5.94. The molecule has 1 fully saturated rings. The zero-order valence-corrected chi connectivity index (χ0v) is 20.4. The molecule has 0 aliphatic carbocycles. The average molecular weight is 498 g/mol. The summed E-state index contributed by atoms with van der Waals surface area (Å²) in [5, 5.41) is 26.5. The van der Waals surface area contributed by atoms with Crippen LogP contribution in [0.4, 0.5) is 11.8 Å². The van der Waals surface area contributed by atoms with Gasteiger partial charge in [-0.2, -0.15) is 4.98 Å². The van der Waals surface area contributed by atoms with Crippen molar-refractivity contribution in [2.24, 2.45) is 0 Å². The van der Waals surface area contributed by atoms with E-state index in [4.69, 9.17) is 9.15 Å². The van der Waals surface area contributed by atoms with E-state index in [2.05, 4.69) is 35.6 Å². The minimum absolute atomic E-state index is 0.274. The highest BCUT2D eigenvalue weighted by molar-refractivity contribution is 5.83. The van der Waals surface area contributed by atoms with Crippen LogP contribution in [0.15, 0.2) is 23.1 Å². The van der Waals surface area contributed by atoms with Gasteiger partial charge in [-0.15, -0.1) is 0 Å². The normalized spacial score (nSPS) is 22.8. The van der Waals surface area contributed by atoms with E-state index in [9.17, 15) is 15.0 Å². The fourth-order valence-corrected chi connectivity index (χ4v) is 4.16. The zero-order valence-electron chi connectivity index (χ0n) is 20.4. The van der Waals surface area contributed by atoms with Crippen LogP contribution in [0.2, 0.25) is 0 Å². The van der Waals surface area contributed by atoms with E-state index in [1.807, 2.05) is 34.0 Å². The van der Waals surface area contributed by atoms with E-state index in [1.54, 1.807) is 4.90 Å². The highest BCUT2D eigenvalue weighted by atomic mass is 16.6. The highest BCUT2D eigenvalue weighted by Gasteiger charge is 2.47. The number of aliphatic hydroxyl groups excluding tert-OH is 2. The Hall–Kier alpha value is -3.88. The van der Waals surface area contributed by atoms with E-state index in [-0.39, 0.29) is 6.04 Å². The number of ether oxygens (including phenoxy) is 1. The summed E-state index contributed by atoms with van der Waals surface area (Å²) in [6.45, 7) is 3.86. The number of anilines is 2. The van der Waals surface area contributed by atoms with Gasteiger partial charge in [-0.25, -0.2) is 19.9 Å². The number of hydrogen-bond donors (Lipinski definition) is 4. The summed E-state index contributed by atoms with van der Waals surface area (Å²) in [7, 11) is 5.12. The lowest BCUT2D eigenvalue weighted by molar-refractivity contribution is -0.137. The number of nitrogens with zero attached hydrogens (tertiary/aromatic N) is 7. The molecule has 1 amide bonds. The number of rotatable bonds is 6. The van der Waals surface area contributed by atoms with Crippen LogP contribution in [0, 0.1) is 6.92 Å². The fourth-order valence-electron chi connectivity index (χ4n) is 4.16. The summed E-state index contributed by atoms with van der Waals surface area (Å²) in [5.74, 6) is -0.0975. The quantitative estimate of drug-likeness (QED) is 0.286. The van der Waals surface area contributed by atoms with Gasteiger partial charge in [0.25, 0.3) is 11.9 Å². The molecule has 14 nitrogen and oxygen atoms in total. The third-order valence-electron chi connectivity index (χ3n) is 6.11. The molecule has 0 aromatic carbocycles. The molecule has 0 saturated carbocycles. The van der Waals surface area contributed by atoms with Crippen molar-refractivity contribution < 1.29 is 24.2 Å². The Morgan fingerprint density at radius 1 is 1.19 bits per heavy atom. The molecule has 4 N–H and O–H groups in total. The minimum atomic E-state index is -1.40. The fraction of sp³-hybridized carbons (Fsp3) is 0.455. The maximum atomic E-state index is 12.0. The van der Waals surface area contributed by atoms with E-state index in [1.165, 1.54) is 24.3 Å². The van der Waals surface area contributed by atoms with Gasteiger partial charge in [-0.3, -0.25) is 9.36 Å². The maximum absolute atomic E-state index is 12.0. The van der Waals surface area contributed by atoms with Gasteiger partial charge in [0.1, 0.15) is 18.5 Å². The number of aryl methyl sites for hydroxylation is 1. The average Bonchev–Trinajstić information content (AvgIpc) is 3.55. The van der Waals surface area contributed by atoms with Crippen molar-refractivity contribution in [2.75, 3.05) is 31.4 Å². The third-order valence-corrected chi connectivity index (χ3v) is 6.11. The van der Waals surface area contributed by atoms with Crippen LogP contribution in [-0.2, 0) is 9.53 Å². The Balaban J connectivity index is 1.44. The first kappa shape index (κ1) is 23.8. The van der Waals surface area contributed by atoms with Crippen LogP contribution in [0.1, 0.15) is 30.5 Å². The van der Waals surface area contributed by atoms with Crippen molar-refractivity contribution in [3.8, 4) is 0 Å². The monoisotopic (exact) mass is 497 g/mol. The number of hydrogen-bond acceptors (Lipinski definition) is 12. The summed E-state index contributed by atoms with van der Waals surface area (Å²) in [6, 6.07) is 2.12. The number of aromatic nitrogens is 6. The zero-order chi connectivity index (χ0) is 25.7. The highest BCUT2D eigenvalue weighted by Crippen LogP contribution is 2.33. The number of fused-ring (bicyclic) bond motifs is 2. The topological polar surface area (TPSA) is 177 Å². The number of imidazole rings is 1. The lowest BCUT2D eigenvalue weighted by atomic mass is 10.1. The van der Waals surface area contributed by atoms with Crippen molar-refractivity contribution in [3.63, 3.8) is 0 Å². The first-order chi connectivity index (χ1) is 17.2. The Bertz CT molecular complexity index is 1430. The molecule has 5 heterocycles. The molecule has 4 aromatic heterocycles. The number of nitrogens with one attached hydrogen (secondary N) is 2. The van der Waals surface area contributed by atoms with Crippen LogP contribution in [0.3, 0.4) is 0 Å². The van der Waals surface area contributed by atoms with Gasteiger partial charge >= 0.3 is 0 Å². The van der Waals surface area contributed by atoms with Gasteiger partial charge in [0.2, 0.25) is 5.65 Å². The number of carbonyl (C=O) groups is 1. The molecular formula is C22H27N9O5. The molecular weight excluding hydrogens is 470 g/mol. The Morgan fingerprint density at radius 3 is 2.69 bits per heavy atom. The van der Waals surface area contributed by atoms with Crippen LogP contribution < -0.4 is 15.5 Å². The molecule has 36 heavy (non-hydrogen) atoms. The molecule has 5 rings (SSSR count).